The topological polar surface area (TPSA) is 149 Å². The van der Waals surface area contributed by atoms with Crippen LogP contribution in [0.5, 0.6) is 0 Å². The first-order valence-electron chi connectivity index (χ1n) is 17.3. The number of para-hydroxylation sites is 1. The van der Waals surface area contributed by atoms with Crippen LogP contribution in [0, 0.1) is 0 Å². The molecule has 5 amide bonds. The Morgan fingerprint density at radius 2 is 1.68 bits per heavy atom. The Morgan fingerprint density at radius 3 is 2.34 bits per heavy atom. The highest BCUT2D eigenvalue weighted by Gasteiger charge is 2.50. The van der Waals surface area contributed by atoms with Gasteiger partial charge in [0.05, 0.1) is 18.7 Å². The van der Waals surface area contributed by atoms with Crippen molar-refractivity contribution in [1.82, 2.24) is 26.2 Å². The third kappa shape index (κ3) is 10.1. The zero-order valence-corrected chi connectivity index (χ0v) is 28.7. The third-order valence-corrected chi connectivity index (χ3v) is 10.7. The summed E-state index contributed by atoms with van der Waals surface area (Å²) >= 11 is 1.87. The fourth-order valence-electron chi connectivity index (χ4n) is 6.73. The van der Waals surface area contributed by atoms with Gasteiger partial charge in [0.25, 0.3) is 0 Å². The molecule has 47 heavy (non-hydrogen) atoms. The van der Waals surface area contributed by atoms with Gasteiger partial charge in [0.2, 0.25) is 17.7 Å². The number of carbonyl (C=O) groups is 5. The number of anilines is 1. The maximum absolute atomic E-state index is 13.8. The largest absolute Gasteiger partial charge is 0.464 e. The Hall–Kier alpha value is -3.32. The number of hydrogen-bond donors (Lipinski definition) is 4. The van der Waals surface area contributed by atoms with E-state index in [0.717, 1.165) is 38.0 Å². The summed E-state index contributed by atoms with van der Waals surface area (Å²) in [6.45, 7) is 7.01. The molecule has 0 unspecified atom stereocenters. The fourth-order valence-corrected chi connectivity index (χ4v) is 8.28. The molecule has 13 heteroatoms. The molecule has 0 radical (unpaired) electrons. The molecule has 3 atom stereocenters. The summed E-state index contributed by atoms with van der Waals surface area (Å²) in [6.07, 6.45) is 5.89. The lowest BCUT2D eigenvalue weighted by Crippen LogP contribution is -2.63. The number of nitrogens with one attached hydrogen (secondary N) is 4. The SMILES string of the molecule is CCCN1CCC(C(=O)OCCCC(=O)NCCNC(=O)CCCC[C@@H]2SC[C@@H]3NC(=O)N[C@@H]32)(N(C(=O)CC)c2ccccc2)CC1.[HH].[HH]. The standard InChI is InChI=1S/C34H52N6O6S.2H2/c1-3-20-39-21-16-34(17-22-39,40(30(43)4-2)25-11-6-5-7-12-25)32(44)46-23-10-15-29(42)36-19-18-35-28(41)14-9-8-13-27-31-26(24-47-27)37-33(45)38-31;;/h5-7,11-12,26-27,31H,3-4,8-10,13-24H2,1-2H3,(H,35,41)(H,36,42)(H2,37,38,45);2*1H/t26-,27-,31-;;/m0../s1. The normalized spacial score (nSPS) is 21.7. The van der Waals surface area contributed by atoms with Gasteiger partial charge in [-0.1, -0.05) is 38.5 Å². The number of nitrogens with zero attached hydrogens (tertiary/aromatic N) is 2. The van der Waals surface area contributed by atoms with Crippen molar-refractivity contribution in [1.29, 1.82) is 0 Å². The zero-order chi connectivity index (χ0) is 33.6. The molecular formula is C34H56N6O6S. The van der Waals surface area contributed by atoms with E-state index in [1.807, 2.05) is 42.1 Å². The van der Waals surface area contributed by atoms with Crippen molar-refractivity contribution < 1.29 is 31.6 Å². The number of hydrogen-bond acceptors (Lipinski definition) is 8. The monoisotopic (exact) mass is 676 g/mol. The number of unbranched alkanes of at least 4 members (excludes halogenated alkanes) is 1. The van der Waals surface area contributed by atoms with Gasteiger partial charge in [-0.15, -0.1) is 0 Å². The summed E-state index contributed by atoms with van der Waals surface area (Å²) in [4.78, 5) is 67.1. The number of esters is 1. The number of benzene rings is 1. The predicted octanol–water partition coefficient (Wildman–Crippen LogP) is 3.45. The molecule has 4 rings (SSSR count). The maximum Gasteiger partial charge on any atom is 0.332 e. The summed E-state index contributed by atoms with van der Waals surface area (Å²) < 4.78 is 5.78. The van der Waals surface area contributed by atoms with E-state index in [-0.39, 0.29) is 58.1 Å². The summed E-state index contributed by atoms with van der Waals surface area (Å²) in [5.74, 6) is 0.169. The molecule has 264 valence electrons. The highest BCUT2D eigenvalue weighted by Crippen LogP contribution is 2.36. The second-order valence-electron chi connectivity index (χ2n) is 12.6. The number of piperidine rings is 1. The first kappa shape index (κ1) is 36.5. The number of likely N-dealkylation sites (tertiary alicyclic amines) is 1. The molecule has 12 nitrogen and oxygen atoms in total. The lowest BCUT2D eigenvalue weighted by Gasteiger charge is -2.46. The van der Waals surface area contributed by atoms with E-state index in [2.05, 4.69) is 33.1 Å². The molecule has 3 aliphatic rings. The first-order chi connectivity index (χ1) is 22.8. The van der Waals surface area contributed by atoms with Crippen LogP contribution in [0.4, 0.5) is 10.5 Å². The molecule has 1 aromatic rings. The van der Waals surface area contributed by atoms with Gasteiger partial charge in [0.1, 0.15) is 5.54 Å². The lowest BCUT2D eigenvalue weighted by molar-refractivity contribution is -0.154. The van der Waals surface area contributed by atoms with Crippen LogP contribution in [0.2, 0.25) is 0 Å². The Labute approximate surface area is 285 Å². The highest BCUT2D eigenvalue weighted by molar-refractivity contribution is 8.00. The van der Waals surface area contributed by atoms with Gasteiger partial charge in [0.15, 0.2) is 0 Å². The summed E-state index contributed by atoms with van der Waals surface area (Å²) in [5.41, 5.74) is -0.408. The molecule has 0 aromatic heterocycles. The third-order valence-electron chi connectivity index (χ3n) is 9.23. The van der Waals surface area contributed by atoms with E-state index >= 15 is 0 Å². The zero-order valence-electron chi connectivity index (χ0n) is 27.9. The summed E-state index contributed by atoms with van der Waals surface area (Å²) in [7, 11) is 0. The number of rotatable bonds is 18. The minimum absolute atomic E-state index is 0. The van der Waals surface area contributed by atoms with Crippen molar-refractivity contribution in [3.05, 3.63) is 30.3 Å². The van der Waals surface area contributed by atoms with Crippen LogP contribution in [-0.4, -0.2) is 103 Å². The van der Waals surface area contributed by atoms with Crippen molar-refractivity contribution in [2.45, 2.75) is 101 Å². The Kier molecular flexibility index (Phi) is 14.2. The van der Waals surface area contributed by atoms with Gasteiger partial charge in [-0.2, -0.15) is 11.8 Å². The Balaban J connectivity index is 0.00000417. The summed E-state index contributed by atoms with van der Waals surface area (Å²) in [5, 5.41) is 12.0. The van der Waals surface area contributed by atoms with Gasteiger partial charge in [-0.25, -0.2) is 9.59 Å². The molecule has 4 N–H and O–H groups in total. The Morgan fingerprint density at radius 1 is 1.00 bits per heavy atom. The van der Waals surface area contributed by atoms with Crippen LogP contribution in [-0.2, 0) is 23.9 Å². The number of amides is 5. The molecule has 3 fully saturated rings. The minimum Gasteiger partial charge on any atom is -0.464 e. The van der Waals surface area contributed by atoms with E-state index in [9.17, 15) is 24.0 Å². The molecule has 1 aromatic carbocycles. The van der Waals surface area contributed by atoms with Gasteiger partial charge >= 0.3 is 12.0 Å². The molecule has 0 spiro atoms. The van der Waals surface area contributed by atoms with Gasteiger partial charge in [-0.3, -0.25) is 19.3 Å². The minimum atomic E-state index is -1.09. The molecule has 0 aliphatic carbocycles. The second-order valence-corrected chi connectivity index (χ2v) is 13.9. The van der Waals surface area contributed by atoms with Crippen molar-refractivity contribution in [2.24, 2.45) is 0 Å². The number of fused-ring (bicyclic) bond motifs is 1. The van der Waals surface area contributed by atoms with Crippen molar-refractivity contribution in [2.75, 3.05) is 50.0 Å². The first-order valence-corrected chi connectivity index (χ1v) is 18.3. The molecule has 0 bridgehead atoms. The van der Waals surface area contributed by atoms with Crippen LogP contribution >= 0.6 is 11.8 Å². The average molecular weight is 677 g/mol. The maximum atomic E-state index is 13.8. The quantitative estimate of drug-likeness (QED) is 0.105. The van der Waals surface area contributed by atoms with Crippen molar-refractivity contribution in [3.63, 3.8) is 0 Å². The van der Waals surface area contributed by atoms with Crippen molar-refractivity contribution >= 4 is 47.2 Å². The average Bonchev–Trinajstić information content (AvgIpc) is 3.63. The van der Waals surface area contributed by atoms with Crippen LogP contribution in [0.3, 0.4) is 0 Å². The second kappa shape index (κ2) is 18.3. The molecule has 3 saturated heterocycles. The lowest BCUT2D eigenvalue weighted by atomic mass is 9.84. The van der Waals surface area contributed by atoms with Crippen LogP contribution in [0.1, 0.15) is 80.9 Å². The number of urea groups is 1. The van der Waals surface area contributed by atoms with Gasteiger partial charge in [-0.05, 0) is 57.2 Å². The molecular weight excluding hydrogens is 620 g/mol. The van der Waals surface area contributed by atoms with Gasteiger partial charge in [0, 0.05) is 65.0 Å². The Bertz CT molecular complexity index is 1220. The molecule has 3 heterocycles. The van der Waals surface area contributed by atoms with E-state index in [1.54, 1.807) is 11.8 Å². The van der Waals surface area contributed by atoms with Crippen molar-refractivity contribution in [3.8, 4) is 0 Å². The van der Waals surface area contributed by atoms with E-state index in [4.69, 9.17) is 4.74 Å². The van der Waals surface area contributed by atoms with E-state index < -0.39 is 11.5 Å². The fraction of sp³-hybridized carbons (Fsp3) is 0.676. The van der Waals surface area contributed by atoms with E-state index in [1.165, 1.54) is 0 Å². The number of thioether (sulfide) groups is 1. The van der Waals surface area contributed by atoms with E-state index in [0.29, 0.717) is 62.8 Å². The van der Waals surface area contributed by atoms with Crippen LogP contribution in [0.15, 0.2) is 30.3 Å². The van der Waals surface area contributed by atoms with Crippen LogP contribution in [0.25, 0.3) is 0 Å². The molecule has 3 aliphatic heterocycles. The van der Waals surface area contributed by atoms with Crippen LogP contribution < -0.4 is 26.2 Å². The predicted molar refractivity (Wildman–Crippen MR) is 187 cm³/mol. The highest BCUT2D eigenvalue weighted by atomic mass is 32.2. The summed E-state index contributed by atoms with van der Waals surface area (Å²) in [6, 6.07) is 9.64. The van der Waals surface area contributed by atoms with Gasteiger partial charge < -0.3 is 30.9 Å². The number of carbonyl (C=O) groups excluding carboxylic acids is 5. The smallest absolute Gasteiger partial charge is 0.332 e. The molecule has 0 saturated carbocycles. The number of ether oxygens (including phenoxy) is 1.